The average molecular weight is 847 g/mol. The average Bonchev–Trinajstić information content (AvgIpc) is 3.18. The number of carbonyl (C=O) groups is 2. The molecular formula is C45H82O12S. The van der Waals surface area contributed by atoms with Gasteiger partial charge in [0, 0.05) is 12.8 Å². The lowest BCUT2D eigenvalue weighted by atomic mass is 10.00. The van der Waals surface area contributed by atoms with E-state index in [-0.39, 0.29) is 19.4 Å². The van der Waals surface area contributed by atoms with Gasteiger partial charge in [-0.05, 0) is 38.5 Å². The summed E-state index contributed by atoms with van der Waals surface area (Å²) in [5, 5.41) is 30.9. The Balaban J connectivity index is 2.46. The van der Waals surface area contributed by atoms with E-state index in [1.165, 1.54) is 116 Å². The van der Waals surface area contributed by atoms with E-state index < -0.39 is 71.2 Å². The van der Waals surface area contributed by atoms with Crippen molar-refractivity contribution in [3.8, 4) is 0 Å². The van der Waals surface area contributed by atoms with Crippen molar-refractivity contribution in [1.29, 1.82) is 0 Å². The minimum atomic E-state index is -4.60. The summed E-state index contributed by atoms with van der Waals surface area (Å²) in [4.78, 5) is 25.4. The van der Waals surface area contributed by atoms with Crippen LogP contribution in [0, 0.1) is 0 Å². The number of allylic oxidation sites excluding steroid dienone is 4. The van der Waals surface area contributed by atoms with Gasteiger partial charge in [-0.25, -0.2) is 0 Å². The van der Waals surface area contributed by atoms with Crippen molar-refractivity contribution < 1.29 is 56.8 Å². The monoisotopic (exact) mass is 847 g/mol. The zero-order chi connectivity index (χ0) is 42.7. The molecule has 0 aromatic carbocycles. The van der Waals surface area contributed by atoms with Crippen LogP contribution < -0.4 is 0 Å². The molecular weight excluding hydrogens is 765 g/mol. The standard InChI is InChI=1S/C45H82O12S/c1-3-5-7-9-11-13-15-17-18-19-20-22-23-25-27-29-31-33-40(46)54-35-38(36-55-45-44(50)43(49)42(48)39(57-45)37-58(51,52)53)56-41(47)34-32-30-28-26-24-21-16-14-12-10-8-6-4-2/h20,22,25,27,38-39,42-45,48-50H,3-19,21,23-24,26,28-37H2,1-2H3,(H,51,52,53)/b22-20+,27-25+/t38-,39-,42-,43?,44?,45+/m1/s1. The Kier molecular flexibility index (Phi) is 33.5. The number of hydrogen-bond acceptors (Lipinski definition) is 11. The molecule has 6 atom stereocenters. The SMILES string of the molecule is CCCCCCCCCCC/C=C/C/C=C/CCCC(=O)OC[C@H](CO[C@H]1O[C@H](CS(=O)(=O)O)[C@@H](O)C(O)C1O)OC(=O)CCCCCCCCCCCCCCC. The van der Waals surface area contributed by atoms with Crippen LogP contribution in [0.3, 0.4) is 0 Å². The predicted octanol–water partition coefficient (Wildman–Crippen LogP) is 9.23. The third-order valence-electron chi connectivity index (χ3n) is 10.5. The van der Waals surface area contributed by atoms with Gasteiger partial charge in [-0.3, -0.25) is 14.1 Å². The summed E-state index contributed by atoms with van der Waals surface area (Å²) in [6.07, 6.45) is 29.5. The zero-order valence-electron chi connectivity index (χ0n) is 36.2. The Bertz CT molecular complexity index is 1180. The zero-order valence-corrected chi connectivity index (χ0v) is 37.0. The van der Waals surface area contributed by atoms with Crippen LogP contribution in [0.5, 0.6) is 0 Å². The van der Waals surface area contributed by atoms with E-state index in [2.05, 4.69) is 32.1 Å². The quantitative estimate of drug-likeness (QED) is 0.0200. The van der Waals surface area contributed by atoms with Gasteiger partial charge in [-0.15, -0.1) is 0 Å². The second kappa shape index (κ2) is 35.8. The fraction of sp³-hybridized carbons (Fsp3) is 0.867. The third kappa shape index (κ3) is 30.2. The molecule has 0 bridgehead atoms. The number of hydrogen-bond donors (Lipinski definition) is 4. The van der Waals surface area contributed by atoms with Crippen LogP contribution >= 0.6 is 0 Å². The van der Waals surface area contributed by atoms with Gasteiger partial charge >= 0.3 is 11.9 Å². The Morgan fingerprint density at radius 3 is 1.57 bits per heavy atom. The first-order valence-corrected chi connectivity index (χ1v) is 24.5. The second-order valence-corrected chi connectivity index (χ2v) is 17.6. The van der Waals surface area contributed by atoms with Gasteiger partial charge in [0.1, 0.15) is 36.8 Å². The number of esters is 2. The molecule has 0 radical (unpaired) electrons. The summed E-state index contributed by atoms with van der Waals surface area (Å²) in [6.45, 7) is 3.73. The van der Waals surface area contributed by atoms with E-state index in [1.807, 2.05) is 6.08 Å². The lowest BCUT2D eigenvalue weighted by Crippen LogP contribution is -2.60. The Morgan fingerprint density at radius 1 is 0.586 bits per heavy atom. The maximum Gasteiger partial charge on any atom is 0.306 e. The van der Waals surface area contributed by atoms with Gasteiger partial charge in [-0.1, -0.05) is 167 Å². The summed E-state index contributed by atoms with van der Waals surface area (Å²) in [5.74, 6) is -2.03. The van der Waals surface area contributed by atoms with Crippen molar-refractivity contribution in [2.24, 2.45) is 0 Å². The molecule has 1 aliphatic rings. The highest BCUT2D eigenvalue weighted by Crippen LogP contribution is 2.24. The van der Waals surface area contributed by atoms with E-state index in [9.17, 15) is 37.9 Å². The van der Waals surface area contributed by atoms with Gasteiger partial charge in [0.15, 0.2) is 12.4 Å². The summed E-state index contributed by atoms with van der Waals surface area (Å²) < 4.78 is 54.0. The van der Waals surface area contributed by atoms with E-state index in [0.29, 0.717) is 19.3 Å². The lowest BCUT2D eigenvalue weighted by Gasteiger charge is -2.40. The molecule has 340 valence electrons. The minimum absolute atomic E-state index is 0.158. The molecule has 12 nitrogen and oxygen atoms in total. The smallest absolute Gasteiger partial charge is 0.306 e. The fourth-order valence-electron chi connectivity index (χ4n) is 6.95. The predicted molar refractivity (Wildman–Crippen MR) is 229 cm³/mol. The molecule has 0 aromatic heterocycles. The Hall–Kier alpha value is -1.87. The molecule has 0 saturated carbocycles. The number of aliphatic hydroxyl groups is 3. The first-order chi connectivity index (χ1) is 28.0. The van der Waals surface area contributed by atoms with Crippen LogP contribution in [-0.4, -0.2) is 96.0 Å². The van der Waals surface area contributed by atoms with Crippen LogP contribution in [0.2, 0.25) is 0 Å². The van der Waals surface area contributed by atoms with E-state index in [0.717, 1.165) is 32.1 Å². The van der Waals surface area contributed by atoms with Gasteiger partial charge in [0.2, 0.25) is 0 Å². The summed E-state index contributed by atoms with van der Waals surface area (Å²) in [6, 6.07) is 0. The number of aliphatic hydroxyl groups excluding tert-OH is 3. The maximum atomic E-state index is 12.8. The van der Waals surface area contributed by atoms with Crippen LogP contribution in [0.15, 0.2) is 24.3 Å². The number of ether oxygens (including phenoxy) is 4. The van der Waals surface area contributed by atoms with Gasteiger partial charge in [-0.2, -0.15) is 8.42 Å². The lowest BCUT2D eigenvalue weighted by molar-refractivity contribution is -0.297. The highest BCUT2D eigenvalue weighted by molar-refractivity contribution is 7.85. The maximum absolute atomic E-state index is 12.8. The minimum Gasteiger partial charge on any atom is -0.462 e. The van der Waals surface area contributed by atoms with Crippen LogP contribution in [0.25, 0.3) is 0 Å². The van der Waals surface area contributed by atoms with Crippen LogP contribution in [0.4, 0.5) is 0 Å². The van der Waals surface area contributed by atoms with Crippen molar-refractivity contribution in [2.45, 2.75) is 230 Å². The van der Waals surface area contributed by atoms with Gasteiger partial charge < -0.3 is 34.3 Å². The molecule has 1 saturated heterocycles. The molecule has 0 aromatic rings. The van der Waals surface area contributed by atoms with E-state index in [4.69, 9.17) is 18.9 Å². The van der Waals surface area contributed by atoms with Gasteiger partial charge in [0.25, 0.3) is 10.1 Å². The van der Waals surface area contributed by atoms with E-state index >= 15 is 0 Å². The van der Waals surface area contributed by atoms with Crippen molar-refractivity contribution >= 4 is 22.1 Å². The molecule has 0 aliphatic carbocycles. The normalized spacial score (nSPS) is 20.6. The molecule has 1 fully saturated rings. The summed E-state index contributed by atoms with van der Waals surface area (Å²) >= 11 is 0. The topological polar surface area (TPSA) is 186 Å². The largest absolute Gasteiger partial charge is 0.462 e. The molecule has 1 aliphatic heterocycles. The molecule has 0 amide bonds. The number of carbonyl (C=O) groups excluding carboxylic acids is 2. The van der Waals surface area contributed by atoms with Gasteiger partial charge in [0.05, 0.1) is 6.61 Å². The Labute approximate surface area is 351 Å². The number of unbranched alkanes of at least 4 members (excludes halogenated alkanes) is 22. The molecule has 0 spiro atoms. The molecule has 58 heavy (non-hydrogen) atoms. The highest BCUT2D eigenvalue weighted by Gasteiger charge is 2.46. The van der Waals surface area contributed by atoms with Crippen molar-refractivity contribution in [2.75, 3.05) is 19.0 Å². The summed E-state index contributed by atoms with van der Waals surface area (Å²) in [5.41, 5.74) is 0. The first kappa shape index (κ1) is 54.1. The van der Waals surface area contributed by atoms with Crippen LogP contribution in [-0.2, 0) is 38.7 Å². The van der Waals surface area contributed by atoms with Crippen molar-refractivity contribution in [3.05, 3.63) is 24.3 Å². The third-order valence-corrected chi connectivity index (χ3v) is 11.3. The highest BCUT2D eigenvalue weighted by atomic mass is 32.2. The fourth-order valence-corrected chi connectivity index (χ4v) is 7.64. The number of rotatable bonds is 38. The van der Waals surface area contributed by atoms with E-state index in [1.54, 1.807) is 0 Å². The molecule has 1 heterocycles. The van der Waals surface area contributed by atoms with Crippen molar-refractivity contribution in [3.63, 3.8) is 0 Å². The molecule has 1 rings (SSSR count). The second-order valence-electron chi connectivity index (χ2n) is 16.1. The molecule has 4 N–H and O–H groups in total. The first-order valence-electron chi connectivity index (χ1n) is 22.9. The molecule has 2 unspecified atom stereocenters. The molecule has 13 heteroatoms. The van der Waals surface area contributed by atoms with Crippen molar-refractivity contribution in [1.82, 2.24) is 0 Å². The Morgan fingerprint density at radius 2 is 1.05 bits per heavy atom. The summed E-state index contributed by atoms with van der Waals surface area (Å²) in [7, 11) is -4.60. The van der Waals surface area contributed by atoms with Crippen LogP contribution in [0.1, 0.15) is 194 Å².